The van der Waals surface area contributed by atoms with Crippen LogP contribution in [0.5, 0.6) is 0 Å². The number of hydrogen-bond donors (Lipinski definition) is 0. The van der Waals surface area contributed by atoms with Gasteiger partial charge in [-0.05, 0) is 57.5 Å². The molecule has 1 aromatic rings. The van der Waals surface area contributed by atoms with Gasteiger partial charge in [0.1, 0.15) is 0 Å². The quantitative estimate of drug-likeness (QED) is 0.846. The lowest BCUT2D eigenvalue weighted by molar-refractivity contribution is 0.114. The summed E-state index contributed by atoms with van der Waals surface area (Å²) < 4.78 is 0. The third-order valence-electron chi connectivity index (χ3n) is 5.27. The minimum absolute atomic E-state index is 0.823. The molecular weight excluding hydrogens is 270 g/mol. The maximum absolute atomic E-state index is 2.77. The first-order chi connectivity index (χ1) is 10.9. The summed E-state index contributed by atoms with van der Waals surface area (Å²) in [6.45, 7) is 11.1. The van der Waals surface area contributed by atoms with Crippen LogP contribution in [0.15, 0.2) is 30.3 Å². The molecule has 0 aromatic heterocycles. The first-order valence-electron chi connectivity index (χ1n) is 9.13. The van der Waals surface area contributed by atoms with Gasteiger partial charge in [-0.15, -0.1) is 0 Å². The largest absolute Gasteiger partial charge is 0.370 e. The van der Waals surface area contributed by atoms with Crippen LogP contribution in [0.2, 0.25) is 0 Å². The van der Waals surface area contributed by atoms with Crippen LogP contribution >= 0.6 is 0 Å². The van der Waals surface area contributed by atoms with Crippen molar-refractivity contribution in [3.63, 3.8) is 0 Å². The van der Waals surface area contributed by atoms with Gasteiger partial charge in [0.05, 0.1) is 0 Å². The predicted molar refractivity (Wildman–Crippen MR) is 94.6 cm³/mol. The van der Waals surface area contributed by atoms with Gasteiger partial charge in [-0.2, -0.15) is 0 Å². The van der Waals surface area contributed by atoms with Crippen molar-refractivity contribution >= 4 is 5.69 Å². The topological polar surface area (TPSA) is 9.72 Å². The highest BCUT2D eigenvalue weighted by Gasteiger charge is 2.25. The van der Waals surface area contributed by atoms with Crippen LogP contribution in [0, 0.1) is 0 Å². The zero-order valence-electron chi connectivity index (χ0n) is 14.1. The van der Waals surface area contributed by atoms with Crippen LogP contribution < -0.4 is 4.90 Å². The first-order valence-corrected chi connectivity index (χ1v) is 9.13. The molecular formula is C19H31N3. The van der Waals surface area contributed by atoms with E-state index in [2.05, 4.69) is 52.0 Å². The molecule has 0 saturated carbocycles. The molecule has 2 heterocycles. The minimum atomic E-state index is 0.823. The van der Waals surface area contributed by atoms with Gasteiger partial charge in [0.25, 0.3) is 0 Å². The van der Waals surface area contributed by atoms with E-state index < -0.39 is 0 Å². The van der Waals surface area contributed by atoms with Crippen molar-refractivity contribution in [1.82, 2.24) is 9.80 Å². The van der Waals surface area contributed by atoms with Crippen LogP contribution in [0.1, 0.15) is 32.6 Å². The fraction of sp³-hybridized carbons (Fsp3) is 0.684. The lowest BCUT2D eigenvalue weighted by atomic mass is 10.0. The molecule has 2 aliphatic rings. The van der Waals surface area contributed by atoms with Crippen molar-refractivity contribution in [2.45, 2.75) is 38.6 Å². The highest BCUT2D eigenvalue weighted by Crippen LogP contribution is 2.21. The third kappa shape index (κ3) is 4.02. The molecule has 0 bridgehead atoms. The van der Waals surface area contributed by atoms with E-state index in [9.17, 15) is 0 Å². The van der Waals surface area contributed by atoms with Crippen LogP contribution in [-0.2, 0) is 0 Å². The normalized spacial score (nSPS) is 22.7. The molecule has 3 heteroatoms. The summed E-state index contributed by atoms with van der Waals surface area (Å²) in [5.74, 6) is 0. The third-order valence-corrected chi connectivity index (χ3v) is 5.27. The highest BCUT2D eigenvalue weighted by atomic mass is 15.2. The van der Waals surface area contributed by atoms with E-state index in [1.165, 1.54) is 77.2 Å². The van der Waals surface area contributed by atoms with E-state index in [4.69, 9.17) is 0 Å². The van der Waals surface area contributed by atoms with Crippen LogP contribution in [-0.4, -0.2) is 61.7 Å². The molecule has 0 amide bonds. The SMILES string of the molecule is CCCN1CCC(N2CCCN(c3ccccc3)CC2)CC1. The van der Waals surface area contributed by atoms with Gasteiger partial charge in [0, 0.05) is 37.9 Å². The molecule has 0 atom stereocenters. The summed E-state index contributed by atoms with van der Waals surface area (Å²) in [6.07, 6.45) is 5.32. The Balaban J connectivity index is 1.51. The Hall–Kier alpha value is -1.06. The number of benzene rings is 1. The zero-order valence-corrected chi connectivity index (χ0v) is 14.1. The summed E-state index contributed by atoms with van der Waals surface area (Å²) in [6, 6.07) is 11.7. The molecule has 0 N–H and O–H groups in total. The predicted octanol–water partition coefficient (Wildman–Crippen LogP) is 3.07. The number of nitrogens with zero attached hydrogens (tertiary/aromatic N) is 3. The van der Waals surface area contributed by atoms with Gasteiger partial charge < -0.3 is 9.80 Å². The average molecular weight is 301 g/mol. The average Bonchev–Trinajstić information content (AvgIpc) is 2.83. The fourth-order valence-corrected chi connectivity index (χ4v) is 4.02. The van der Waals surface area contributed by atoms with Crippen molar-refractivity contribution in [1.29, 1.82) is 0 Å². The molecule has 3 nitrogen and oxygen atoms in total. The van der Waals surface area contributed by atoms with Crippen molar-refractivity contribution in [3.8, 4) is 0 Å². The maximum atomic E-state index is 2.77. The Morgan fingerprint density at radius 1 is 0.909 bits per heavy atom. The van der Waals surface area contributed by atoms with E-state index in [0.717, 1.165) is 6.04 Å². The Morgan fingerprint density at radius 3 is 2.41 bits per heavy atom. The number of hydrogen-bond acceptors (Lipinski definition) is 3. The van der Waals surface area contributed by atoms with Crippen LogP contribution in [0.3, 0.4) is 0 Å². The molecule has 0 unspecified atom stereocenters. The molecule has 0 aliphatic carbocycles. The summed E-state index contributed by atoms with van der Waals surface area (Å²) >= 11 is 0. The number of para-hydroxylation sites is 1. The van der Waals surface area contributed by atoms with Gasteiger partial charge in [-0.1, -0.05) is 25.1 Å². The minimum Gasteiger partial charge on any atom is -0.370 e. The number of rotatable bonds is 4. The van der Waals surface area contributed by atoms with E-state index >= 15 is 0 Å². The molecule has 3 rings (SSSR count). The van der Waals surface area contributed by atoms with Crippen molar-refractivity contribution < 1.29 is 0 Å². The first kappa shape index (κ1) is 15.8. The van der Waals surface area contributed by atoms with Crippen molar-refractivity contribution in [2.75, 3.05) is 50.7 Å². The molecule has 0 spiro atoms. The highest BCUT2D eigenvalue weighted by molar-refractivity contribution is 5.46. The molecule has 2 saturated heterocycles. The zero-order chi connectivity index (χ0) is 15.2. The smallest absolute Gasteiger partial charge is 0.0366 e. The summed E-state index contributed by atoms with van der Waals surface area (Å²) in [5.41, 5.74) is 1.39. The molecule has 2 aliphatic heterocycles. The van der Waals surface area contributed by atoms with Gasteiger partial charge in [0.15, 0.2) is 0 Å². The second kappa shape index (κ2) is 7.98. The van der Waals surface area contributed by atoms with E-state index in [1.54, 1.807) is 0 Å². The van der Waals surface area contributed by atoms with Crippen molar-refractivity contribution in [3.05, 3.63) is 30.3 Å². The maximum Gasteiger partial charge on any atom is 0.0366 e. The van der Waals surface area contributed by atoms with Crippen molar-refractivity contribution in [2.24, 2.45) is 0 Å². The second-order valence-corrected chi connectivity index (χ2v) is 6.78. The molecule has 2 fully saturated rings. The van der Waals surface area contributed by atoms with E-state index in [-0.39, 0.29) is 0 Å². The Labute approximate surface area is 135 Å². The monoisotopic (exact) mass is 301 g/mol. The molecule has 22 heavy (non-hydrogen) atoms. The number of anilines is 1. The number of piperidine rings is 1. The Kier molecular flexibility index (Phi) is 5.74. The molecule has 1 aromatic carbocycles. The summed E-state index contributed by atoms with van der Waals surface area (Å²) in [4.78, 5) is 7.98. The molecule has 0 radical (unpaired) electrons. The van der Waals surface area contributed by atoms with E-state index in [1.807, 2.05) is 0 Å². The summed E-state index contributed by atoms with van der Waals surface area (Å²) in [5, 5.41) is 0. The lowest BCUT2D eigenvalue weighted by Gasteiger charge is -2.38. The van der Waals surface area contributed by atoms with Crippen LogP contribution in [0.4, 0.5) is 5.69 Å². The van der Waals surface area contributed by atoms with Gasteiger partial charge >= 0.3 is 0 Å². The van der Waals surface area contributed by atoms with Gasteiger partial charge in [0.2, 0.25) is 0 Å². The van der Waals surface area contributed by atoms with Gasteiger partial charge in [-0.25, -0.2) is 0 Å². The lowest BCUT2D eigenvalue weighted by Crippen LogP contribution is -2.46. The number of likely N-dealkylation sites (tertiary alicyclic amines) is 1. The Morgan fingerprint density at radius 2 is 1.68 bits per heavy atom. The van der Waals surface area contributed by atoms with Crippen LogP contribution in [0.25, 0.3) is 0 Å². The Bertz CT molecular complexity index is 426. The summed E-state index contributed by atoms with van der Waals surface area (Å²) in [7, 11) is 0. The standard InChI is InChI=1S/C19H31N3/c1-2-11-20-14-9-19(10-15-20)22-13-6-12-21(16-17-22)18-7-4-3-5-8-18/h3-5,7-8,19H,2,6,9-17H2,1H3. The van der Waals surface area contributed by atoms with Gasteiger partial charge in [-0.3, -0.25) is 4.90 Å². The fourth-order valence-electron chi connectivity index (χ4n) is 4.02. The van der Waals surface area contributed by atoms with E-state index in [0.29, 0.717) is 0 Å². The molecule has 122 valence electrons. The second-order valence-electron chi connectivity index (χ2n) is 6.78.